The van der Waals surface area contributed by atoms with Gasteiger partial charge in [0.15, 0.2) is 6.61 Å². The zero-order valence-corrected chi connectivity index (χ0v) is 19.7. The summed E-state index contributed by atoms with van der Waals surface area (Å²) in [4.78, 5) is 19.5. The van der Waals surface area contributed by atoms with E-state index in [0.717, 1.165) is 67.0 Å². The summed E-state index contributed by atoms with van der Waals surface area (Å²) in [7, 11) is 0. The zero-order valence-electron chi connectivity index (χ0n) is 18.9. The van der Waals surface area contributed by atoms with E-state index in [2.05, 4.69) is 26.3 Å². The Morgan fingerprint density at radius 3 is 2.77 bits per heavy atom. The molecular weight excluding hydrogens is 485 g/mol. The maximum atomic E-state index is 12.4. The summed E-state index contributed by atoms with van der Waals surface area (Å²) in [6.07, 6.45) is -3.77. The molecule has 0 spiro atoms. The minimum Gasteiger partial charge on any atom is -0.482 e. The van der Waals surface area contributed by atoms with Crippen LogP contribution in [-0.4, -0.2) is 50.0 Å². The number of fused-ring (bicyclic) bond motifs is 1. The van der Waals surface area contributed by atoms with Gasteiger partial charge in [0.2, 0.25) is 0 Å². The largest absolute Gasteiger partial charge is 0.573 e. The van der Waals surface area contributed by atoms with Crippen molar-refractivity contribution in [3.05, 3.63) is 53.1 Å². The van der Waals surface area contributed by atoms with Crippen LogP contribution >= 0.6 is 11.6 Å². The molecule has 11 heteroatoms. The number of alkyl halides is 3. The number of rotatable bonds is 6. The van der Waals surface area contributed by atoms with Gasteiger partial charge in [-0.1, -0.05) is 11.6 Å². The fourth-order valence-electron chi connectivity index (χ4n) is 3.83. The van der Waals surface area contributed by atoms with Crippen molar-refractivity contribution in [1.82, 2.24) is 10.3 Å². The molecule has 0 radical (unpaired) electrons. The maximum Gasteiger partial charge on any atom is 0.573 e. The molecule has 1 amide bonds. The number of anilines is 2. The van der Waals surface area contributed by atoms with Crippen LogP contribution in [0.3, 0.4) is 0 Å². The van der Waals surface area contributed by atoms with Gasteiger partial charge >= 0.3 is 6.36 Å². The third-order valence-corrected chi connectivity index (χ3v) is 5.74. The summed E-state index contributed by atoms with van der Waals surface area (Å²) in [6.45, 7) is 5.39. The smallest absolute Gasteiger partial charge is 0.482 e. The van der Waals surface area contributed by atoms with Gasteiger partial charge in [0.05, 0.1) is 10.5 Å². The number of hydrogen-bond acceptors (Lipinski definition) is 6. The number of halogens is 4. The van der Waals surface area contributed by atoms with E-state index in [1.165, 1.54) is 6.07 Å². The number of aromatic nitrogens is 1. The molecular formula is C24H24ClF3N4O3. The third kappa shape index (κ3) is 6.67. The predicted octanol–water partition coefficient (Wildman–Crippen LogP) is 4.91. The molecule has 3 aromatic rings. The van der Waals surface area contributed by atoms with Gasteiger partial charge in [-0.2, -0.15) is 0 Å². The first-order valence-corrected chi connectivity index (χ1v) is 11.4. The molecule has 35 heavy (non-hydrogen) atoms. The van der Waals surface area contributed by atoms with Crippen molar-refractivity contribution in [2.45, 2.75) is 19.7 Å². The van der Waals surface area contributed by atoms with Crippen LogP contribution in [0.2, 0.25) is 5.02 Å². The standard InChI is InChI=1S/C24H24ClF3N4O3/c1-15-11-22(32-9-2-7-29-8-10-32)31-20-5-3-16(12-18(15)20)30-23(33)14-34-21-6-4-17(13-19(21)25)35-24(26,27)28/h3-6,11-13,29H,2,7-10,14H2,1H3,(H,30,33). The average molecular weight is 509 g/mol. The second-order valence-corrected chi connectivity index (χ2v) is 8.50. The van der Waals surface area contributed by atoms with E-state index in [0.29, 0.717) is 5.69 Å². The van der Waals surface area contributed by atoms with Crippen molar-refractivity contribution in [3.8, 4) is 11.5 Å². The normalized spacial score (nSPS) is 14.5. The van der Waals surface area contributed by atoms with Crippen molar-refractivity contribution in [2.75, 3.05) is 43.0 Å². The molecule has 2 N–H and O–H groups in total. The topological polar surface area (TPSA) is 75.7 Å². The Balaban J connectivity index is 1.39. The Hall–Kier alpha value is -3.24. The molecule has 2 aromatic carbocycles. The summed E-state index contributed by atoms with van der Waals surface area (Å²) in [6, 6.07) is 10.8. The SMILES string of the molecule is Cc1cc(N2CCCNCC2)nc2ccc(NC(=O)COc3ccc(OC(F)(F)F)cc3Cl)cc12. The minimum absolute atomic E-state index is 0.0612. The van der Waals surface area contributed by atoms with Crippen molar-refractivity contribution in [3.63, 3.8) is 0 Å². The molecule has 1 aliphatic rings. The number of amides is 1. The molecule has 4 rings (SSSR count). The first-order chi connectivity index (χ1) is 16.7. The monoisotopic (exact) mass is 508 g/mol. The Morgan fingerprint density at radius 2 is 2.00 bits per heavy atom. The van der Waals surface area contributed by atoms with Crippen LogP contribution in [0, 0.1) is 6.92 Å². The number of aryl methyl sites for hydroxylation is 1. The zero-order chi connectivity index (χ0) is 25.0. The van der Waals surface area contributed by atoms with E-state index in [9.17, 15) is 18.0 Å². The summed E-state index contributed by atoms with van der Waals surface area (Å²) < 4.78 is 46.1. The van der Waals surface area contributed by atoms with Gasteiger partial charge < -0.3 is 25.0 Å². The summed E-state index contributed by atoms with van der Waals surface area (Å²) >= 11 is 5.94. The molecule has 7 nitrogen and oxygen atoms in total. The Labute approximate surface area is 205 Å². The molecule has 1 aromatic heterocycles. The highest BCUT2D eigenvalue weighted by molar-refractivity contribution is 6.32. The molecule has 0 saturated carbocycles. The molecule has 0 unspecified atom stereocenters. The van der Waals surface area contributed by atoms with Gasteiger partial charge in [0.25, 0.3) is 5.91 Å². The molecule has 1 aliphatic heterocycles. The van der Waals surface area contributed by atoms with E-state index in [1.807, 2.05) is 19.1 Å². The molecule has 0 aliphatic carbocycles. The highest BCUT2D eigenvalue weighted by Gasteiger charge is 2.31. The van der Waals surface area contributed by atoms with E-state index in [-0.39, 0.29) is 17.4 Å². The molecule has 186 valence electrons. The lowest BCUT2D eigenvalue weighted by atomic mass is 10.1. The fraction of sp³-hybridized carbons (Fsp3) is 0.333. The fourth-order valence-corrected chi connectivity index (χ4v) is 4.05. The maximum absolute atomic E-state index is 12.4. The quantitative estimate of drug-likeness (QED) is 0.492. The van der Waals surface area contributed by atoms with Crippen LogP contribution in [0.5, 0.6) is 11.5 Å². The summed E-state index contributed by atoms with van der Waals surface area (Å²) in [5.74, 6) is 0.0731. The molecule has 2 heterocycles. The first kappa shape index (κ1) is 24.9. The lowest BCUT2D eigenvalue weighted by molar-refractivity contribution is -0.274. The highest BCUT2D eigenvalue weighted by Crippen LogP contribution is 2.32. The van der Waals surface area contributed by atoms with Gasteiger partial charge in [0, 0.05) is 36.8 Å². The Morgan fingerprint density at radius 1 is 1.17 bits per heavy atom. The number of ether oxygens (including phenoxy) is 2. The lowest BCUT2D eigenvalue weighted by Crippen LogP contribution is -2.28. The molecule has 1 saturated heterocycles. The number of benzene rings is 2. The van der Waals surface area contributed by atoms with E-state index in [4.69, 9.17) is 21.3 Å². The first-order valence-electron chi connectivity index (χ1n) is 11.0. The van der Waals surface area contributed by atoms with Crippen molar-refractivity contribution >= 4 is 39.9 Å². The summed E-state index contributed by atoms with van der Waals surface area (Å²) in [5.41, 5.74) is 2.45. The third-order valence-electron chi connectivity index (χ3n) is 5.45. The van der Waals surface area contributed by atoms with Gasteiger partial charge in [0.1, 0.15) is 17.3 Å². The Bertz CT molecular complexity index is 1210. The van der Waals surface area contributed by atoms with Crippen molar-refractivity contribution < 1.29 is 27.4 Å². The average Bonchev–Trinajstić information content (AvgIpc) is 3.07. The van der Waals surface area contributed by atoms with Gasteiger partial charge in [-0.05, 0) is 61.9 Å². The van der Waals surface area contributed by atoms with Crippen molar-refractivity contribution in [2.24, 2.45) is 0 Å². The van der Waals surface area contributed by atoms with Crippen molar-refractivity contribution in [1.29, 1.82) is 0 Å². The number of carbonyl (C=O) groups excluding carboxylic acids is 1. The van der Waals surface area contributed by atoms with Crippen LogP contribution in [0.25, 0.3) is 10.9 Å². The lowest BCUT2D eigenvalue weighted by Gasteiger charge is -2.22. The van der Waals surface area contributed by atoms with E-state index >= 15 is 0 Å². The van der Waals surface area contributed by atoms with Crippen LogP contribution in [-0.2, 0) is 4.79 Å². The second kappa shape index (κ2) is 10.6. The Kier molecular flexibility index (Phi) is 7.51. The molecule has 1 fully saturated rings. The predicted molar refractivity (Wildman–Crippen MR) is 128 cm³/mol. The van der Waals surface area contributed by atoms with Crippen LogP contribution in [0.4, 0.5) is 24.7 Å². The molecule has 0 bridgehead atoms. The van der Waals surface area contributed by atoms with E-state index < -0.39 is 18.0 Å². The van der Waals surface area contributed by atoms with Crippen LogP contribution < -0.4 is 25.0 Å². The van der Waals surface area contributed by atoms with E-state index in [1.54, 1.807) is 6.07 Å². The van der Waals surface area contributed by atoms with Gasteiger partial charge in [-0.25, -0.2) is 4.98 Å². The van der Waals surface area contributed by atoms with Gasteiger partial charge in [-0.3, -0.25) is 4.79 Å². The van der Waals surface area contributed by atoms with Gasteiger partial charge in [-0.15, -0.1) is 13.2 Å². The minimum atomic E-state index is -4.83. The number of nitrogens with one attached hydrogen (secondary N) is 2. The number of pyridine rings is 1. The second-order valence-electron chi connectivity index (χ2n) is 8.10. The molecule has 0 atom stereocenters. The van der Waals surface area contributed by atoms with Crippen LogP contribution in [0.15, 0.2) is 42.5 Å². The summed E-state index contributed by atoms with van der Waals surface area (Å²) in [5, 5.41) is 6.95. The van der Waals surface area contributed by atoms with Crippen LogP contribution in [0.1, 0.15) is 12.0 Å². The number of hydrogen-bond donors (Lipinski definition) is 2. The number of nitrogens with zero attached hydrogens (tertiary/aromatic N) is 2. The number of carbonyl (C=O) groups is 1. The highest BCUT2D eigenvalue weighted by atomic mass is 35.5.